The van der Waals surface area contributed by atoms with Crippen molar-refractivity contribution >= 4 is 28.1 Å². The summed E-state index contributed by atoms with van der Waals surface area (Å²) < 4.78 is 2.17. The fourth-order valence-corrected chi connectivity index (χ4v) is 3.86. The summed E-state index contributed by atoms with van der Waals surface area (Å²) in [5, 5.41) is 3.14. The zero-order valence-corrected chi connectivity index (χ0v) is 14.1. The van der Waals surface area contributed by atoms with Gasteiger partial charge in [-0.3, -0.25) is 4.79 Å². The van der Waals surface area contributed by atoms with Gasteiger partial charge in [0.2, 0.25) is 0 Å². The monoisotopic (exact) mass is 324 g/mol. The van der Waals surface area contributed by atoms with Crippen LogP contribution in [0.2, 0.25) is 0 Å². The molecule has 0 aliphatic heterocycles. The van der Waals surface area contributed by atoms with E-state index >= 15 is 0 Å². The first-order chi connectivity index (χ1) is 11.3. The van der Waals surface area contributed by atoms with Crippen LogP contribution >= 0.6 is 11.3 Å². The third-order valence-corrected chi connectivity index (χ3v) is 5.38. The predicted octanol–water partition coefficient (Wildman–Crippen LogP) is 4.53. The molecule has 1 aliphatic carbocycles. The van der Waals surface area contributed by atoms with Gasteiger partial charge in [0, 0.05) is 34.6 Å². The van der Waals surface area contributed by atoms with Crippen molar-refractivity contribution in [2.75, 3.05) is 0 Å². The van der Waals surface area contributed by atoms with Crippen molar-refractivity contribution in [2.45, 2.75) is 38.9 Å². The normalized spacial score (nSPS) is 14.3. The third kappa shape index (κ3) is 2.68. The van der Waals surface area contributed by atoms with Gasteiger partial charge < -0.3 is 9.47 Å². The van der Waals surface area contributed by atoms with Gasteiger partial charge in [0.15, 0.2) is 0 Å². The smallest absolute Gasteiger partial charge is 0.256 e. The van der Waals surface area contributed by atoms with E-state index in [4.69, 9.17) is 0 Å². The van der Waals surface area contributed by atoms with Gasteiger partial charge in [0.1, 0.15) is 0 Å². The molecule has 0 N–H and O–H groups in total. The quantitative estimate of drug-likeness (QED) is 0.677. The second kappa shape index (κ2) is 5.85. The molecule has 1 aliphatic rings. The first-order valence-corrected chi connectivity index (χ1v) is 9.07. The van der Waals surface area contributed by atoms with E-state index in [-0.39, 0.29) is 5.91 Å². The number of aromatic nitrogens is 1. The molecule has 0 radical (unpaired) electrons. The van der Waals surface area contributed by atoms with Gasteiger partial charge in [-0.1, -0.05) is 24.3 Å². The Kier molecular flexibility index (Phi) is 3.69. The molecule has 3 nitrogen and oxygen atoms in total. The number of carbonyl (C=O) groups excluding carboxylic acids is 1. The van der Waals surface area contributed by atoms with Gasteiger partial charge in [-0.2, -0.15) is 0 Å². The lowest BCUT2D eigenvalue weighted by molar-refractivity contribution is 0.0733. The first kappa shape index (κ1) is 14.5. The van der Waals surface area contributed by atoms with Gasteiger partial charge in [0.05, 0.1) is 12.1 Å². The molecule has 1 amide bonds. The van der Waals surface area contributed by atoms with E-state index in [9.17, 15) is 4.79 Å². The van der Waals surface area contributed by atoms with Gasteiger partial charge in [-0.15, -0.1) is 11.3 Å². The molecule has 118 valence electrons. The molecule has 1 saturated carbocycles. The largest absolute Gasteiger partial charge is 0.347 e. The molecule has 4 heteroatoms. The van der Waals surface area contributed by atoms with Crippen LogP contribution in [0.5, 0.6) is 0 Å². The van der Waals surface area contributed by atoms with Crippen LogP contribution in [0, 0.1) is 0 Å². The summed E-state index contributed by atoms with van der Waals surface area (Å²) in [6, 6.07) is 12.8. The van der Waals surface area contributed by atoms with Crippen LogP contribution in [0.4, 0.5) is 0 Å². The van der Waals surface area contributed by atoms with Gasteiger partial charge in [-0.25, -0.2) is 0 Å². The summed E-state index contributed by atoms with van der Waals surface area (Å²) in [5.74, 6) is 0.171. The van der Waals surface area contributed by atoms with Crippen LogP contribution in [-0.4, -0.2) is 21.4 Å². The minimum Gasteiger partial charge on any atom is -0.347 e. The van der Waals surface area contributed by atoms with E-state index < -0.39 is 0 Å². The fourth-order valence-electron chi connectivity index (χ4n) is 3.16. The number of carbonyl (C=O) groups is 1. The highest BCUT2D eigenvalue weighted by molar-refractivity contribution is 7.09. The maximum atomic E-state index is 13.2. The van der Waals surface area contributed by atoms with Crippen molar-refractivity contribution < 1.29 is 4.79 Å². The number of hydrogen-bond donors (Lipinski definition) is 0. The van der Waals surface area contributed by atoms with E-state index in [1.165, 1.54) is 4.88 Å². The van der Waals surface area contributed by atoms with Crippen molar-refractivity contribution in [3.05, 3.63) is 58.4 Å². The molecule has 0 bridgehead atoms. The number of fused-ring (bicyclic) bond motifs is 1. The Morgan fingerprint density at radius 1 is 1.26 bits per heavy atom. The number of para-hydroxylation sites is 1. The number of rotatable bonds is 5. The zero-order chi connectivity index (χ0) is 15.8. The fraction of sp³-hybridized carbons (Fsp3) is 0.316. The lowest BCUT2D eigenvalue weighted by Crippen LogP contribution is -2.32. The van der Waals surface area contributed by atoms with Crippen LogP contribution in [0.3, 0.4) is 0 Å². The molecule has 0 saturated heterocycles. The average Bonchev–Trinajstić information content (AvgIpc) is 3.16. The minimum absolute atomic E-state index is 0.171. The maximum Gasteiger partial charge on any atom is 0.256 e. The molecule has 2 aromatic heterocycles. The number of amides is 1. The highest BCUT2D eigenvalue weighted by Crippen LogP contribution is 2.32. The Labute approximate surface area is 140 Å². The van der Waals surface area contributed by atoms with Crippen LogP contribution in [0.15, 0.2) is 48.0 Å². The molecule has 0 unspecified atom stereocenters. The van der Waals surface area contributed by atoms with E-state index in [1.54, 1.807) is 11.3 Å². The number of aryl methyl sites for hydroxylation is 1. The minimum atomic E-state index is 0.171. The van der Waals surface area contributed by atoms with Crippen LogP contribution in [0.25, 0.3) is 10.9 Å². The Morgan fingerprint density at radius 2 is 2.09 bits per heavy atom. The Hall–Kier alpha value is -2.07. The lowest BCUT2D eigenvalue weighted by atomic mass is 10.1. The number of benzene rings is 1. The highest BCUT2D eigenvalue weighted by Gasteiger charge is 2.34. The summed E-state index contributed by atoms with van der Waals surface area (Å²) in [6.45, 7) is 3.72. The summed E-state index contributed by atoms with van der Waals surface area (Å²) in [5.41, 5.74) is 1.98. The molecule has 23 heavy (non-hydrogen) atoms. The van der Waals surface area contributed by atoms with E-state index in [1.807, 2.05) is 18.3 Å². The molecular weight excluding hydrogens is 304 g/mol. The average molecular weight is 324 g/mol. The van der Waals surface area contributed by atoms with Crippen LogP contribution in [-0.2, 0) is 13.1 Å². The van der Waals surface area contributed by atoms with Gasteiger partial charge >= 0.3 is 0 Å². The predicted molar refractivity (Wildman–Crippen MR) is 94.8 cm³/mol. The van der Waals surface area contributed by atoms with E-state index in [0.29, 0.717) is 6.04 Å². The van der Waals surface area contributed by atoms with Crippen LogP contribution in [0.1, 0.15) is 35.0 Å². The van der Waals surface area contributed by atoms with E-state index in [2.05, 4.69) is 46.0 Å². The van der Waals surface area contributed by atoms with E-state index in [0.717, 1.165) is 42.4 Å². The lowest BCUT2D eigenvalue weighted by Gasteiger charge is -2.21. The van der Waals surface area contributed by atoms with Crippen molar-refractivity contribution in [3.8, 4) is 0 Å². The maximum absolute atomic E-state index is 13.2. The molecule has 0 spiro atoms. The van der Waals surface area contributed by atoms with Gasteiger partial charge in [0.25, 0.3) is 5.91 Å². The third-order valence-electron chi connectivity index (χ3n) is 4.51. The summed E-state index contributed by atoms with van der Waals surface area (Å²) >= 11 is 1.72. The molecule has 4 rings (SSSR count). The molecular formula is C19H20N2OS. The summed E-state index contributed by atoms with van der Waals surface area (Å²) in [6.07, 6.45) is 4.28. The van der Waals surface area contributed by atoms with Crippen molar-refractivity contribution in [3.63, 3.8) is 0 Å². The summed E-state index contributed by atoms with van der Waals surface area (Å²) in [7, 11) is 0. The number of hydrogen-bond acceptors (Lipinski definition) is 2. The highest BCUT2D eigenvalue weighted by atomic mass is 32.1. The Morgan fingerprint density at radius 3 is 2.78 bits per heavy atom. The molecule has 3 aromatic rings. The van der Waals surface area contributed by atoms with Crippen molar-refractivity contribution in [1.82, 2.24) is 9.47 Å². The number of thiophene rings is 1. The van der Waals surface area contributed by atoms with Crippen molar-refractivity contribution in [1.29, 1.82) is 0 Å². The second-order valence-electron chi connectivity index (χ2n) is 6.09. The second-order valence-corrected chi connectivity index (χ2v) is 7.12. The Bertz CT molecular complexity index is 830. The topological polar surface area (TPSA) is 25.2 Å². The SMILES string of the molecule is CCn1cc(C(=O)N(Cc2cccs2)C2CC2)c2ccccc21. The number of nitrogens with zero attached hydrogens (tertiary/aromatic N) is 2. The molecule has 2 heterocycles. The van der Waals surface area contributed by atoms with Crippen molar-refractivity contribution in [2.24, 2.45) is 0 Å². The summed E-state index contributed by atoms with van der Waals surface area (Å²) in [4.78, 5) is 16.5. The zero-order valence-electron chi connectivity index (χ0n) is 13.2. The standard InChI is InChI=1S/C19H20N2OS/c1-2-20-13-17(16-7-3-4-8-18(16)20)19(22)21(14-9-10-14)12-15-6-5-11-23-15/h3-8,11,13-14H,2,9-10,12H2,1H3. The van der Waals surface area contributed by atoms with Gasteiger partial charge in [-0.05, 0) is 37.3 Å². The Balaban J connectivity index is 1.72. The first-order valence-electron chi connectivity index (χ1n) is 8.19. The molecule has 1 fully saturated rings. The molecule has 0 atom stereocenters. The molecule has 1 aromatic carbocycles. The van der Waals surface area contributed by atoms with Crippen LogP contribution < -0.4 is 0 Å².